The first-order valence-corrected chi connectivity index (χ1v) is 7.80. The Morgan fingerprint density at radius 2 is 1.86 bits per heavy atom. The molecular formula is C18H15Cl2NO. The maximum atomic E-state index is 12.1. The first kappa shape index (κ1) is 15.1. The van der Waals surface area contributed by atoms with Crippen molar-refractivity contribution in [2.75, 3.05) is 6.54 Å². The van der Waals surface area contributed by atoms with E-state index in [0.717, 1.165) is 16.7 Å². The fourth-order valence-corrected chi connectivity index (χ4v) is 3.28. The quantitative estimate of drug-likeness (QED) is 0.733. The number of hydrogen-bond acceptors (Lipinski definition) is 1. The van der Waals surface area contributed by atoms with Crippen molar-refractivity contribution in [3.8, 4) is 0 Å². The molecule has 0 saturated heterocycles. The molecule has 0 aromatic heterocycles. The van der Waals surface area contributed by atoms with Crippen LogP contribution in [0.25, 0.3) is 0 Å². The third-order valence-electron chi connectivity index (χ3n) is 4.01. The Balaban J connectivity index is 2.11. The Labute approximate surface area is 140 Å². The minimum absolute atomic E-state index is 0.0716. The Hall–Kier alpha value is -1.77. The number of rotatable bonds is 2. The molecule has 2 aromatic rings. The summed E-state index contributed by atoms with van der Waals surface area (Å²) in [6.07, 6.45) is 1.35. The number of benzene rings is 2. The Morgan fingerprint density at radius 1 is 1.18 bits per heavy atom. The summed E-state index contributed by atoms with van der Waals surface area (Å²) in [6, 6.07) is 13.9. The van der Waals surface area contributed by atoms with Crippen LogP contribution in [0.5, 0.6) is 0 Å². The maximum absolute atomic E-state index is 12.1. The average Bonchev–Trinajstić information content (AvgIpc) is 2.55. The van der Waals surface area contributed by atoms with Crippen LogP contribution in [0.1, 0.15) is 22.6 Å². The highest BCUT2D eigenvalue weighted by molar-refractivity contribution is 6.42. The van der Waals surface area contributed by atoms with Gasteiger partial charge in [0.05, 0.1) is 10.0 Å². The third-order valence-corrected chi connectivity index (χ3v) is 4.73. The fraction of sp³-hybridized carbons (Fsp3) is 0.167. The lowest BCUT2D eigenvalue weighted by Crippen LogP contribution is -2.37. The molecular weight excluding hydrogens is 317 g/mol. The minimum atomic E-state index is -0.0716. The van der Waals surface area contributed by atoms with Crippen molar-refractivity contribution >= 4 is 29.1 Å². The normalized spacial score (nSPS) is 17.0. The Kier molecular flexibility index (Phi) is 4.23. The van der Waals surface area contributed by atoms with E-state index >= 15 is 0 Å². The summed E-state index contributed by atoms with van der Waals surface area (Å²) in [5.41, 5.74) is 3.32. The predicted molar refractivity (Wildman–Crippen MR) is 90.4 cm³/mol. The number of halogens is 2. The van der Waals surface area contributed by atoms with Gasteiger partial charge in [0.2, 0.25) is 5.91 Å². The van der Waals surface area contributed by atoms with Crippen molar-refractivity contribution in [2.45, 2.75) is 12.5 Å². The Morgan fingerprint density at radius 3 is 2.55 bits per heavy atom. The van der Waals surface area contributed by atoms with Crippen molar-refractivity contribution in [1.29, 1.82) is 0 Å². The molecule has 1 atom stereocenters. The van der Waals surface area contributed by atoms with Crippen LogP contribution in [0, 0.1) is 0 Å². The van der Waals surface area contributed by atoms with Gasteiger partial charge >= 0.3 is 0 Å². The average molecular weight is 332 g/mol. The van der Waals surface area contributed by atoms with Crippen molar-refractivity contribution in [2.24, 2.45) is 0 Å². The molecule has 0 spiro atoms. The molecule has 0 aliphatic carbocycles. The van der Waals surface area contributed by atoms with E-state index < -0.39 is 0 Å². The van der Waals surface area contributed by atoms with E-state index in [1.807, 2.05) is 30.3 Å². The van der Waals surface area contributed by atoms with Crippen LogP contribution in [0.3, 0.4) is 0 Å². The Bertz CT molecular complexity index is 727. The lowest BCUT2D eigenvalue weighted by atomic mass is 9.84. The van der Waals surface area contributed by atoms with Gasteiger partial charge < -0.3 is 4.90 Å². The summed E-state index contributed by atoms with van der Waals surface area (Å²) in [6.45, 7) is 4.72. The zero-order valence-electron chi connectivity index (χ0n) is 11.9. The molecule has 112 valence electrons. The van der Waals surface area contributed by atoms with Crippen LogP contribution in [0.15, 0.2) is 55.1 Å². The molecule has 1 heterocycles. The number of carbonyl (C=O) groups is 1. The van der Waals surface area contributed by atoms with Crippen LogP contribution in [-0.2, 0) is 11.3 Å². The van der Waals surface area contributed by atoms with Crippen LogP contribution in [0.4, 0.5) is 0 Å². The highest BCUT2D eigenvalue weighted by atomic mass is 35.5. The molecule has 0 unspecified atom stereocenters. The van der Waals surface area contributed by atoms with Gasteiger partial charge in [0, 0.05) is 19.0 Å². The number of amides is 1. The molecule has 1 amide bonds. The molecule has 3 rings (SSSR count). The smallest absolute Gasteiger partial charge is 0.246 e. The molecule has 0 saturated carbocycles. The zero-order valence-corrected chi connectivity index (χ0v) is 13.4. The second-order valence-electron chi connectivity index (χ2n) is 5.35. The summed E-state index contributed by atoms with van der Waals surface area (Å²) in [4.78, 5) is 13.8. The zero-order chi connectivity index (χ0) is 15.7. The van der Waals surface area contributed by atoms with Gasteiger partial charge in [-0.2, -0.15) is 0 Å². The molecule has 2 aromatic carbocycles. The predicted octanol–water partition coefficient (Wildman–Crippen LogP) is 4.65. The van der Waals surface area contributed by atoms with Gasteiger partial charge in [-0.3, -0.25) is 4.79 Å². The molecule has 0 fully saturated rings. The highest BCUT2D eigenvalue weighted by Gasteiger charge is 2.29. The third kappa shape index (κ3) is 2.77. The topological polar surface area (TPSA) is 20.3 Å². The highest BCUT2D eigenvalue weighted by Crippen LogP contribution is 2.37. The van der Waals surface area contributed by atoms with Crippen molar-refractivity contribution in [3.63, 3.8) is 0 Å². The number of nitrogens with zero attached hydrogens (tertiary/aromatic N) is 1. The minimum Gasteiger partial charge on any atom is -0.334 e. The first-order chi connectivity index (χ1) is 10.6. The van der Waals surface area contributed by atoms with Crippen molar-refractivity contribution in [1.82, 2.24) is 4.90 Å². The maximum Gasteiger partial charge on any atom is 0.246 e. The van der Waals surface area contributed by atoms with E-state index in [9.17, 15) is 4.79 Å². The van der Waals surface area contributed by atoms with Crippen molar-refractivity contribution < 1.29 is 4.79 Å². The van der Waals surface area contributed by atoms with E-state index in [0.29, 0.717) is 23.1 Å². The number of hydrogen-bond donors (Lipinski definition) is 0. The van der Waals surface area contributed by atoms with E-state index in [1.165, 1.54) is 6.08 Å². The van der Waals surface area contributed by atoms with Crippen LogP contribution in [0.2, 0.25) is 10.0 Å². The van der Waals surface area contributed by atoms with Gasteiger partial charge in [0.15, 0.2) is 0 Å². The molecule has 4 heteroatoms. The van der Waals surface area contributed by atoms with Gasteiger partial charge in [-0.1, -0.05) is 60.1 Å². The molecule has 1 aliphatic rings. The number of fused-ring (bicyclic) bond motifs is 1. The molecule has 0 radical (unpaired) electrons. The van der Waals surface area contributed by atoms with Gasteiger partial charge in [0.1, 0.15) is 0 Å². The molecule has 2 nitrogen and oxygen atoms in total. The largest absolute Gasteiger partial charge is 0.334 e. The monoisotopic (exact) mass is 331 g/mol. The van der Waals surface area contributed by atoms with Crippen LogP contribution >= 0.6 is 23.2 Å². The van der Waals surface area contributed by atoms with E-state index in [2.05, 4.69) is 18.7 Å². The van der Waals surface area contributed by atoms with Gasteiger partial charge in [-0.25, -0.2) is 0 Å². The lowest BCUT2D eigenvalue weighted by Gasteiger charge is -2.35. The second-order valence-corrected chi connectivity index (χ2v) is 6.17. The van der Waals surface area contributed by atoms with E-state index in [4.69, 9.17) is 23.2 Å². The summed E-state index contributed by atoms with van der Waals surface area (Å²) in [7, 11) is 0. The second kappa shape index (κ2) is 6.15. The fourth-order valence-electron chi connectivity index (χ4n) is 2.92. The van der Waals surface area contributed by atoms with Crippen LogP contribution < -0.4 is 0 Å². The summed E-state index contributed by atoms with van der Waals surface area (Å²) in [5.74, 6) is 0.0151. The summed E-state index contributed by atoms with van der Waals surface area (Å²) < 4.78 is 0. The van der Waals surface area contributed by atoms with Gasteiger partial charge in [0.25, 0.3) is 0 Å². The molecule has 0 bridgehead atoms. The first-order valence-electron chi connectivity index (χ1n) is 7.04. The lowest BCUT2D eigenvalue weighted by molar-refractivity contribution is -0.127. The van der Waals surface area contributed by atoms with Gasteiger partial charge in [-0.15, -0.1) is 0 Å². The van der Waals surface area contributed by atoms with Gasteiger partial charge in [-0.05, 0) is 34.9 Å². The van der Waals surface area contributed by atoms with E-state index in [1.54, 1.807) is 4.90 Å². The summed E-state index contributed by atoms with van der Waals surface area (Å²) >= 11 is 12.3. The SMILES string of the molecule is C=CC(=O)N1Cc2cc(Cl)c(Cl)cc2[C@@H](c2ccccc2)C1. The number of carbonyl (C=O) groups excluding carboxylic acids is 1. The molecule has 0 N–H and O–H groups in total. The van der Waals surface area contributed by atoms with E-state index in [-0.39, 0.29) is 11.8 Å². The molecule has 22 heavy (non-hydrogen) atoms. The van der Waals surface area contributed by atoms with Crippen molar-refractivity contribution in [3.05, 3.63) is 81.9 Å². The van der Waals surface area contributed by atoms with Crippen LogP contribution in [-0.4, -0.2) is 17.4 Å². The molecule has 1 aliphatic heterocycles. The summed E-state index contributed by atoms with van der Waals surface area (Å²) in [5, 5.41) is 1.06. The standard InChI is InChI=1S/C18H15Cl2NO/c1-2-18(22)21-10-13-8-16(19)17(20)9-14(13)15(11-21)12-6-4-3-5-7-12/h2-9,15H,1,10-11H2/t15-/m1/s1.